The van der Waals surface area contributed by atoms with Crippen molar-refractivity contribution in [1.82, 2.24) is 9.55 Å². The molecule has 6 nitrogen and oxygen atoms in total. The maximum absolute atomic E-state index is 14.0. The Bertz CT molecular complexity index is 1030. The predicted molar refractivity (Wildman–Crippen MR) is 94.1 cm³/mol. The first-order valence-corrected chi connectivity index (χ1v) is 8.13. The Morgan fingerprint density at radius 3 is 2.32 bits per heavy atom. The molecular weight excluding hydrogens is 377 g/mol. The van der Waals surface area contributed by atoms with Crippen LogP contribution in [-0.4, -0.2) is 41.0 Å². The number of benzene rings is 2. The van der Waals surface area contributed by atoms with Gasteiger partial charge in [-0.15, -0.1) is 0 Å². The number of aryl methyl sites for hydroxylation is 1. The number of carbonyl (C=O) groups is 1. The number of halogens is 3. The fourth-order valence-electron chi connectivity index (χ4n) is 3.12. The van der Waals surface area contributed by atoms with E-state index in [1.807, 2.05) is 0 Å². The van der Waals surface area contributed by atoms with Gasteiger partial charge in [0.2, 0.25) is 5.60 Å². The van der Waals surface area contributed by atoms with E-state index in [4.69, 9.17) is 4.74 Å². The van der Waals surface area contributed by atoms with Gasteiger partial charge in [0.15, 0.2) is 5.82 Å². The first-order chi connectivity index (χ1) is 13.1. The number of fused-ring (bicyclic) bond motifs is 1. The Labute approximate surface area is 158 Å². The molecular formula is C19H17F3N2O4. The molecule has 0 aliphatic rings. The van der Waals surface area contributed by atoms with Crippen molar-refractivity contribution in [1.29, 1.82) is 0 Å². The summed E-state index contributed by atoms with van der Waals surface area (Å²) in [5, 5.41) is 10.8. The van der Waals surface area contributed by atoms with E-state index < -0.39 is 23.6 Å². The van der Waals surface area contributed by atoms with Gasteiger partial charge in [0.05, 0.1) is 25.3 Å². The minimum Gasteiger partial charge on any atom is -0.494 e. The highest BCUT2D eigenvalue weighted by molar-refractivity contribution is 5.96. The van der Waals surface area contributed by atoms with Crippen molar-refractivity contribution in [3.05, 3.63) is 59.4 Å². The molecule has 148 valence electrons. The topological polar surface area (TPSA) is 73.6 Å². The van der Waals surface area contributed by atoms with Crippen LogP contribution in [0, 0.1) is 0 Å². The van der Waals surface area contributed by atoms with Gasteiger partial charge < -0.3 is 19.1 Å². The average molecular weight is 394 g/mol. The van der Waals surface area contributed by atoms with E-state index in [2.05, 4.69) is 9.72 Å². The lowest BCUT2D eigenvalue weighted by molar-refractivity contribution is -0.251. The largest absolute Gasteiger partial charge is 0.494 e. The molecule has 1 heterocycles. The average Bonchev–Trinajstić information content (AvgIpc) is 3.02. The number of methoxy groups -OCH3 is 2. The number of rotatable bonds is 4. The summed E-state index contributed by atoms with van der Waals surface area (Å²) in [5.74, 6) is -1.22. The van der Waals surface area contributed by atoms with Gasteiger partial charge in [0.1, 0.15) is 11.3 Å². The van der Waals surface area contributed by atoms with E-state index in [1.165, 1.54) is 57.7 Å². The minimum absolute atomic E-state index is 0.0517. The van der Waals surface area contributed by atoms with Gasteiger partial charge in [-0.2, -0.15) is 13.2 Å². The van der Waals surface area contributed by atoms with E-state index in [0.29, 0.717) is 0 Å². The number of nitrogens with zero attached hydrogens (tertiary/aromatic N) is 2. The molecule has 0 amide bonds. The van der Waals surface area contributed by atoms with Crippen LogP contribution in [0.4, 0.5) is 13.2 Å². The number of carbonyl (C=O) groups excluding carboxylic acids is 1. The van der Waals surface area contributed by atoms with Crippen LogP contribution in [0.2, 0.25) is 0 Å². The zero-order valence-electron chi connectivity index (χ0n) is 15.2. The quantitative estimate of drug-likeness (QED) is 0.688. The van der Waals surface area contributed by atoms with Crippen LogP contribution < -0.4 is 4.74 Å². The molecule has 1 unspecified atom stereocenters. The molecule has 2 aromatic carbocycles. The number of aromatic nitrogens is 2. The van der Waals surface area contributed by atoms with Crippen molar-refractivity contribution in [2.45, 2.75) is 11.8 Å². The van der Waals surface area contributed by atoms with E-state index in [0.717, 1.165) is 4.57 Å². The second-order valence-electron chi connectivity index (χ2n) is 6.11. The highest BCUT2D eigenvalue weighted by atomic mass is 19.4. The smallest absolute Gasteiger partial charge is 0.428 e. The van der Waals surface area contributed by atoms with Crippen LogP contribution in [0.3, 0.4) is 0 Å². The molecule has 0 bridgehead atoms. The Kier molecular flexibility index (Phi) is 4.80. The van der Waals surface area contributed by atoms with Gasteiger partial charge in [-0.1, -0.05) is 30.3 Å². The molecule has 3 rings (SSSR count). The maximum Gasteiger partial charge on any atom is 0.428 e. The van der Waals surface area contributed by atoms with Crippen LogP contribution in [0.5, 0.6) is 5.75 Å². The van der Waals surface area contributed by atoms with Gasteiger partial charge in [0.25, 0.3) is 0 Å². The summed E-state index contributed by atoms with van der Waals surface area (Å²) in [6, 6.07) is 9.30. The minimum atomic E-state index is -5.05. The number of hydrogen-bond acceptors (Lipinski definition) is 5. The van der Waals surface area contributed by atoms with Crippen LogP contribution in [0.1, 0.15) is 21.7 Å². The Balaban J connectivity index is 2.36. The Morgan fingerprint density at radius 2 is 1.79 bits per heavy atom. The molecule has 0 saturated heterocycles. The van der Waals surface area contributed by atoms with Crippen molar-refractivity contribution >= 4 is 17.0 Å². The molecule has 1 aromatic heterocycles. The van der Waals surface area contributed by atoms with Crippen molar-refractivity contribution in [2.24, 2.45) is 7.05 Å². The third-order valence-corrected chi connectivity index (χ3v) is 4.50. The van der Waals surface area contributed by atoms with Crippen molar-refractivity contribution in [3.63, 3.8) is 0 Å². The molecule has 0 radical (unpaired) electrons. The molecule has 1 N–H and O–H groups in total. The number of imidazole rings is 1. The summed E-state index contributed by atoms with van der Waals surface area (Å²) < 4.78 is 53.1. The predicted octanol–water partition coefficient (Wildman–Crippen LogP) is 3.17. The van der Waals surface area contributed by atoms with Crippen LogP contribution in [0.15, 0.2) is 42.5 Å². The lowest BCUT2D eigenvalue weighted by Crippen LogP contribution is -2.45. The second kappa shape index (κ2) is 6.83. The molecule has 0 spiro atoms. The number of ether oxygens (including phenoxy) is 2. The van der Waals surface area contributed by atoms with Gasteiger partial charge in [-0.05, 0) is 12.1 Å². The maximum atomic E-state index is 14.0. The summed E-state index contributed by atoms with van der Waals surface area (Å²) in [7, 11) is 3.83. The SMILES string of the molecule is COC(=O)c1cc(OC)c2c(c1)nc(C(O)(c1ccccc1)C(F)(F)F)n2C. The first-order valence-electron chi connectivity index (χ1n) is 8.13. The lowest BCUT2D eigenvalue weighted by Gasteiger charge is -2.30. The van der Waals surface area contributed by atoms with Gasteiger partial charge >= 0.3 is 12.1 Å². The Hall–Kier alpha value is -3.07. The van der Waals surface area contributed by atoms with E-state index in [9.17, 15) is 23.1 Å². The van der Waals surface area contributed by atoms with Crippen molar-refractivity contribution < 1.29 is 32.5 Å². The fourth-order valence-corrected chi connectivity index (χ4v) is 3.12. The van der Waals surface area contributed by atoms with E-state index in [1.54, 1.807) is 6.07 Å². The number of esters is 1. The molecule has 0 aliphatic carbocycles. The molecule has 0 aliphatic heterocycles. The molecule has 1 atom stereocenters. The third-order valence-electron chi connectivity index (χ3n) is 4.50. The summed E-state index contributed by atoms with van der Waals surface area (Å²) in [6.45, 7) is 0. The summed E-state index contributed by atoms with van der Waals surface area (Å²) in [5.41, 5.74) is -3.43. The third kappa shape index (κ3) is 2.88. The molecule has 0 saturated carbocycles. The highest BCUT2D eigenvalue weighted by Gasteiger charge is 2.59. The summed E-state index contributed by atoms with van der Waals surface area (Å²) in [6.07, 6.45) is -5.05. The number of hydrogen-bond donors (Lipinski definition) is 1. The fraction of sp³-hybridized carbons (Fsp3) is 0.263. The normalized spacial score (nSPS) is 14.0. The van der Waals surface area contributed by atoms with Gasteiger partial charge in [0, 0.05) is 12.6 Å². The number of aliphatic hydroxyl groups is 1. The van der Waals surface area contributed by atoms with Crippen LogP contribution in [0.25, 0.3) is 11.0 Å². The Morgan fingerprint density at radius 1 is 1.14 bits per heavy atom. The molecule has 3 aromatic rings. The van der Waals surface area contributed by atoms with Crippen LogP contribution >= 0.6 is 0 Å². The van der Waals surface area contributed by atoms with Crippen molar-refractivity contribution in [3.8, 4) is 5.75 Å². The zero-order valence-corrected chi connectivity index (χ0v) is 15.2. The van der Waals surface area contributed by atoms with E-state index >= 15 is 0 Å². The van der Waals surface area contributed by atoms with E-state index in [-0.39, 0.29) is 27.9 Å². The van der Waals surface area contributed by atoms with Gasteiger partial charge in [-0.25, -0.2) is 9.78 Å². The summed E-state index contributed by atoms with van der Waals surface area (Å²) >= 11 is 0. The standard InChI is InChI=1S/C19H17F3N2O4/c1-24-15-13(9-11(16(25)28-3)10-14(15)27-2)23-17(24)18(26,19(20,21)22)12-7-5-4-6-8-12/h4-10,26H,1-3H3. The van der Waals surface area contributed by atoms with Crippen LogP contribution in [-0.2, 0) is 17.4 Å². The molecule has 28 heavy (non-hydrogen) atoms. The molecule has 0 fully saturated rings. The number of alkyl halides is 3. The monoisotopic (exact) mass is 394 g/mol. The highest BCUT2D eigenvalue weighted by Crippen LogP contribution is 2.45. The summed E-state index contributed by atoms with van der Waals surface area (Å²) in [4.78, 5) is 15.9. The van der Waals surface area contributed by atoms with Crippen molar-refractivity contribution in [2.75, 3.05) is 14.2 Å². The zero-order chi connectivity index (χ0) is 20.7. The second-order valence-corrected chi connectivity index (χ2v) is 6.11. The molecule has 9 heteroatoms. The first kappa shape index (κ1) is 19.7. The van der Waals surface area contributed by atoms with Gasteiger partial charge in [-0.3, -0.25) is 0 Å². The lowest BCUT2D eigenvalue weighted by atomic mass is 9.92.